The first-order valence-electron chi connectivity index (χ1n) is 5.37. The van der Waals surface area contributed by atoms with Gasteiger partial charge >= 0.3 is 0 Å². The fraction of sp³-hybridized carbons (Fsp3) is 0.538. The van der Waals surface area contributed by atoms with Gasteiger partial charge in [-0.3, -0.25) is 0 Å². The number of benzene rings is 1. The van der Waals surface area contributed by atoms with Crippen LogP contribution in [0, 0.1) is 0 Å². The quantitative estimate of drug-likeness (QED) is 0.819. The highest BCUT2D eigenvalue weighted by molar-refractivity contribution is 5.21. The molecule has 0 bridgehead atoms. The van der Waals surface area contributed by atoms with E-state index < -0.39 is 0 Å². The van der Waals surface area contributed by atoms with E-state index in [0.29, 0.717) is 6.61 Å². The maximum absolute atomic E-state index is 5.70. The summed E-state index contributed by atoms with van der Waals surface area (Å²) in [5.74, 6) is 0. The van der Waals surface area contributed by atoms with Gasteiger partial charge < -0.3 is 10.1 Å². The molecule has 0 amide bonds. The zero-order chi connectivity index (χ0) is 11.3. The summed E-state index contributed by atoms with van der Waals surface area (Å²) in [6.45, 7) is 7.82. The summed E-state index contributed by atoms with van der Waals surface area (Å²) in [6.07, 6.45) is 0. The minimum atomic E-state index is -0.0658. The predicted octanol–water partition coefficient (Wildman–Crippen LogP) is 2.72. The summed E-state index contributed by atoms with van der Waals surface area (Å²) in [4.78, 5) is 0. The molecule has 1 rings (SSSR count). The minimum Gasteiger partial charge on any atom is -0.371 e. The van der Waals surface area contributed by atoms with Gasteiger partial charge in [0.2, 0.25) is 0 Å². The maximum Gasteiger partial charge on any atom is 0.0724 e. The third-order valence-electron chi connectivity index (χ3n) is 2.08. The summed E-state index contributed by atoms with van der Waals surface area (Å²) >= 11 is 0. The van der Waals surface area contributed by atoms with Crippen molar-refractivity contribution in [2.24, 2.45) is 0 Å². The van der Waals surface area contributed by atoms with Crippen molar-refractivity contribution in [3.8, 4) is 0 Å². The molecular formula is C13H21NO. The van der Waals surface area contributed by atoms with E-state index in [-0.39, 0.29) is 5.60 Å². The van der Waals surface area contributed by atoms with E-state index in [4.69, 9.17) is 4.74 Å². The fourth-order valence-electron chi connectivity index (χ4n) is 1.26. The Balaban J connectivity index is 2.50. The first kappa shape index (κ1) is 12.2. The minimum absolute atomic E-state index is 0.0658. The summed E-state index contributed by atoms with van der Waals surface area (Å²) in [5.41, 5.74) is 2.46. The lowest BCUT2D eigenvalue weighted by Gasteiger charge is -2.19. The van der Waals surface area contributed by atoms with Crippen LogP contribution in [-0.2, 0) is 17.9 Å². The van der Waals surface area contributed by atoms with Crippen LogP contribution in [0.2, 0.25) is 0 Å². The fourth-order valence-corrected chi connectivity index (χ4v) is 1.26. The van der Waals surface area contributed by atoms with E-state index in [1.807, 2.05) is 7.05 Å². The van der Waals surface area contributed by atoms with Crippen LogP contribution in [0.3, 0.4) is 0 Å². The molecule has 0 saturated carbocycles. The summed E-state index contributed by atoms with van der Waals surface area (Å²) in [7, 11) is 1.95. The molecule has 0 atom stereocenters. The lowest BCUT2D eigenvalue weighted by atomic mass is 10.1. The van der Waals surface area contributed by atoms with Crippen LogP contribution in [0.1, 0.15) is 31.9 Å². The summed E-state index contributed by atoms with van der Waals surface area (Å²) in [6, 6.07) is 8.52. The second-order valence-corrected chi connectivity index (χ2v) is 4.75. The predicted molar refractivity (Wildman–Crippen MR) is 63.7 cm³/mol. The topological polar surface area (TPSA) is 21.3 Å². The highest BCUT2D eigenvalue weighted by atomic mass is 16.5. The Labute approximate surface area is 92.6 Å². The average Bonchev–Trinajstić information content (AvgIpc) is 2.16. The van der Waals surface area contributed by atoms with Crippen LogP contribution >= 0.6 is 0 Å². The standard InChI is InChI=1S/C13H21NO/c1-13(2,3)15-10-12-7-5-11(6-8-12)9-14-4/h5-8,14H,9-10H2,1-4H3. The lowest BCUT2D eigenvalue weighted by molar-refractivity contribution is -0.0149. The van der Waals surface area contributed by atoms with E-state index in [9.17, 15) is 0 Å². The van der Waals surface area contributed by atoms with Gasteiger partial charge in [0.25, 0.3) is 0 Å². The van der Waals surface area contributed by atoms with Crippen molar-refractivity contribution < 1.29 is 4.74 Å². The van der Waals surface area contributed by atoms with E-state index >= 15 is 0 Å². The molecule has 0 fully saturated rings. The van der Waals surface area contributed by atoms with Gasteiger partial charge in [-0.05, 0) is 38.9 Å². The van der Waals surface area contributed by atoms with Crippen LogP contribution in [0.25, 0.3) is 0 Å². The Morgan fingerprint density at radius 1 is 1.07 bits per heavy atom. The molecule has 0 radical (unpaired) electrons. The van der Waals surface area contributed by atoms with Crippen molar-refractivity contribution in [3.63, 3.8) is 0 Å². The normalized spacial score (nSPS) is 11.7. The summed E-state index contributed by atoms with van der Waals surface area (Å²) in [5, 5.41) is 3.13. The van der Waals surface area contributed by atoms with Crippen molar-refractivity contribution in [1.82, 2.24) is 5.32 Å². The summed E-state index contributed by atoms with van der Waals surface area (Å²) < 4.78 is 5.70. The van der Waals surface area contributed by atoms with Crippen molar-refractivity contribution >= 4 is 0 Å². The second kappa shape index (κ2) is 5.29. The first-order valence-corrected chi connectivity index (χ1v) is 5.37. The Kier molecular flexibility index (Phi) is 4.30. The molecule has 1 N–H and O–H groups in total. The third kappa shape index (κ3) is 4.96. The van der Waals surface area contributed by atoms with Gasteiger partial charge in [0, 0.05) is 6.54 Å². The average molecular weight is 207 g/mol. The van der Waals surface area contributed by atoms with E-state index in [0.717, 1.165) is 6.54 Å². The molecule has 0 aliphatic rings. The highest BCUT2D eigenvalue weighted by Crippen LogP contribution is 2.12. The molecule has 0 unspecified atom stereocenters. The third-order valence-corrected chi connectivity index (χ3v) is 2.08. The van der Waals surface area contributed by atoms with E-state index in [1.165, 1.54) is 11.1 Å². The molecule has 0 heterocycles. The van der Waals surface area contributed by atoms with Gasteiger partial charge in [-0.15, -0.1) is 0 Å². The highest BCUT2D eigenvalue weighted by Gasteiger charge is 2.09. The Morgan fingerprint density at radius 3 is 2.07 bits per heavy atom. The number of nitrogens with one attached hydrogen (secondary N) is 1. The van der Waals surface area contributed by atoms with Crippen LogP contribution in [0.4, 0.5) is 0 Å². The van der Waals surface area contributed by atoms with Gasteiger partial charge in [0.15, 0.2) is 0 Å². The van der Waals surface area contributed by atoms with Crippen molar-refractivity contribution in [3.05, 3.63) is 35.4 Å². The Morgan fingerprint density at radius 2 is 1.60 bits per heavy atom. The molecule has 0 aliphatic heterocycles. The molecule has 1 aromatic carbocycles. The number of rotatable bonds is 4. The van der Waals surface area contributed by atoms with Crippen LogP contribution in [-0.4, -0.2) is 12.6 Å². The smallest absolute Gasteiger partial charge is 0.0724 e. The van der Waals surface area contributed by atoms with Crippen molar-refractivity contribution in [2.45, 2.75) is 39.5 Å². The van der Waals surface area contributed by atoms with Crippen molar-refractivity contribution in [1.29, 1.82) is 0 Å². The zero-order valence-corrected chi connectivity index (χ0v) is 10.1. The monoisotopic (exact) mass is 207 g/mol. The Hall–Kier alpha value is -0.860. The molecule has 2 heteroatoms. The Bertz CT molecular complexity index is 284. The second-order valence-electron chi connectivity index (χ2n) is 4.75. The largest absolute Gasteiger partial charge is 0.371 e. The van der Waals surface area contributed by atoms with E-state index in [2.05, 4.69) is 50.4 Å². The molecule has 0 spiro atoms. The van der Waals surface area contributed by atoms with Gasteiger partial charge in [-0.2, -0.15) is 0 Å². The molecule has 0 aromatic heterocycles. The molecule has 15 heavy (non-hydrogen) atoms. The molecule has 0 saturated heterocycles. The molecule has 0 aliphatic carbocycles. The lowest BCUT2D eigenvalue weighted by Crippen LogP contribution is -2.18. The number of ether oxygens (including phenoxy) is 1. The van der Waals surface area contributed by atoms with Gasteiger partial charge in [-0.25, -0.2) is 0 Å². The van der Waals surface area contributed by atoms with Gasteiger partial charge in [-0.1, -0.05) is 24.3 Å². The first-order chi connectivity index (χ1) is 7.01. The maximum atomic E-state index is 5.70. The van der Waals surface area contributed by atoms with Crippen LogP contribution in [0.5, 0.6) is 0 Å². The van der Waals surface area contributed by atoms with E-state index in [1.54, 1.807) is 0 Å². The van der Waals surface area contributed by atoms with Gasteiger partial charge in [0.1, 0.15) is 0 Å². The zero-order valence-electron chi connectivity index (χ0n) is 10.1. The number of hydrogen-bond acceptors (Lipinski definition) is 2. The molecular weight excluding hydrogens is 186 g/mol. The van der Waals surface area contributed by atoms with Crippen LogP contribution in [0.15, 0.2) is 24.3 Å². The molecule has 1 aromatic rings. The SMILES string of the molecule is CNCc1ccc(COC(C)(C)C)cc1. The van der Waals surface area contributed by atoms with Crippen LogP contribution < -0.4 is 5.32 Å². The molecule has 84 valence electrons. The van der Waals surface area contributed by atoms with Crippen molar-refractivity contribution in [2.75, 3.05) is 7.05 Å². The number of hydrogen-bond donors (Lipinski definition) is 1. The molecule has 2 nitrogen and oxygen atoms in total. The van der Waals surface area contributed by atoms with Gasteiger partial charge in [0.05, 0.1) is 12.2 Å².